The number of rotatable bonds is 2. The van der Waals surface area contributed by atoms with Crippen LogP contribution in [0.2, 0.25) is 0 Å². The maximum Gasteiger partial charge on any atom is 0.331 e. The molecule has 0 spiro atoms. The summed E-state index contributed by atoms with van der Waals surface area (Å²) in [6.07, 6.45) is 2.01. The number of nitrogens with zero attached hydrogens (tertiary/aromatic N) is 1. The quantitative estimate of drug-likeness (QED) is 0.632. The average Bonchev–Trinajstić information content (AvgIpc) is 2.54. The SMILES string of the molecule is Nc1scc[n+]1Cc1ccccc1.[Cl-]. The average molecular weight is 227 g/mol. The smallest absolute Gasteiger partial charge is 0.331 e. The van der Waals surface area contributed by atoms with E-state index in [1.807, 2.05) is 34.3 Å². The molecule has 1 heterocycles. The Morgan fingerprint density at radius 3 is 2.50 bits per heavy atom. The van der Waals surface area contributed by atoms with E-state index in [-0.39, 0.29) is 12.4 Å². The van der Waals surface area contributed by atoms with E-state index in [0.29, 0.717) is 0 Å². The Kier molecular flexibility index (Phi) is 3.92. The number of hydrogen-bond donors (Lipinski definition) is 1. The molecule has 0 amide bonds. The molecule has 0 saturated carbocycles. The topological polar surface area (TPSA) is 29.9 Å². The zero-order chi connectivity index (χ0) is 9.10. The first-order valence-electron chi connectivity index (χ1n) is 4.12. The van der Waals surface area contributed by atoms with E-state index in [0.717, 1.165) is 11.7 Å². The zero-order valence-corrected chi connectivity index (χ0v) is 9.13. The Morgan fingerprint density at radius 2 is 1.93 bits per heavy atom. The Hall–Kier alpha value is -1.06. The monoisotopic (exact) mass is 226 g/mol. The van der Waals surface area contributed by atoms with Crippen LogP contribution >= 0.6 is 11.3 Å². The van der Waals surface area contributed by atoms with Gasteiger partial charge in [-0.1, -0.05) is 41.7 Å². The second kappa shape index (κ2) is 4.98. The van der Waals surface area contributed by atoms with Crippen molar-refractivity contribution >= 4 is 16.5 Å². The second-order valence-electron chi connectivity index (χ2n) is 2.85. The maximum absolute atomic E-state index is 5.77. The van der Waals surface area contributed by atoms with Gasteiger partial charge in [-0.05, 0) is 5.56 Å². The molecule has 4 heteroatoms. The lowest BCUT2D eigenvalue weighted by Gasteiger charge is -1.97. The minimum Gasteiger partial charge on any atom is -1.00 e. The van der Waals surface area contributed by atoms with Gasteiger partial charge in [0.2, 0.25) is 0 Å². The highest BCUT2D eigenvalue weighted by Crippen LogP contribution is 2.05. The number of nitrogens with two attached hydrogens (primary N) is 1. The third-order valence-electron chi connectivity index (χ3n) is 1.91. The minimum atomic E-state index is 0. The molecule has 0 saturated heterocycles. The van der Waals surface area contributed by atoms with Gasteiger partial charge in [0.15, 0.2) is 0 Å². The van der Waals surface area contributed by atoms with Crippen LogP contribution in [0, 0.1) is 0 Å². The lowest BCUT2D eigenvalue weighted by Crippen LogP contribution is -3.00. The Balaban J connectivity index is 0.000000980. The third kappa shape index (κ3) is 2.47. The van der Waals surface area contributed by atoms with E-state index in [1.165, 1.54) is 5.56 Å². The number of anilines is 1. The summed E-state index contributed by atoms with van der Waals surface area (Å²) in [5.41, 5.74) is 7.05. The van der Waals surface area contributed by atoms with Crippen molar-refractivity contribution in [1.29, 1.82) is 0 Å². The van der Waals surface area contributed by atoms with Crippen molar-refractivity contribution in [1.82, 2.24) is 0 Å². The van der Waals surface area contributed by atoms with Gasteiger partial charge in [-0.25, -0.2) is 4.57 Å². The van der Waals surface area contributed by atoms with Crippen LogP contribution in [0.5, 0.6) is 0 Å². The number of benzene rings is 1. The van der Waals surface area contributed by atoms with Crippen LogP contribution in [0.1, 0.15) is 5.56 Å². The first kappa shape index (κ1) is 11.0. The number of nitrogen functional groups attached to an aromatic ring is 1. The number of halogens is 1. The summed E-state index contributed by atoms with van der Waals surface area (Å²) in [5.74, 6) is 0. The van der Waals surface area contributed by atoms with Gasteiger partial charge in [0.05, 0.1) is 0 Å². The van der Waals surface area contributed by atoms with Gasteiger partial charge in [0, 0.05) is 5.38 Å². The van der Waals surface area contributed by atoms with E-state index in [4.69, 9.17) is 5.73 Å². The van der Waals surface area contributed by atoms with Crippen molar-refractivity contribution in [2.75, 3.05) is 5.73 Å². The molecular weight excluding hydrogens is 216 g/mol. The largest absolute Gasteiger partial charge is 1.00 e. The van der Waals surface area contributed by atoms with Crippen LogP contribution in [-0.4, -0.2) is 0 Å². The highest BCUT2D eigenvalue weighted by Gasteiger charge is 2.04. The van der Waals surface area contributed by atoms with Crippen LogP contribution in [0.3, 0.4) is 0 Å². The van der Waals surface area contributed by atoms with Gasteiger partial charge in [0.1, 0.15) is 12.7 Å². The molecule has 0 fully saturated rings. The third-order valence-corrected chi connectivity index (χ3v) is 2.64. The molecule has 2 N–H and O–H groups in total. The molecule has 14 heavy (non-hydrogen) atoms. The predicted octanol–water partition coefficient (Wildman–Crippen LogP) is -1.33. The summed E-state index contributed by atoms with van der Waals surface area (Å²) in [4.78, 5) is 0. The van der Waals surface area contributed by atoms with Gasteiger partial charge in [-0.15, -0.1) is 0 Å². The van der Waals surface area contributed by atoms with Crippen molar-refractivity contribution < 1.29 is 17.0 Å². The molecule has 0 radical (unpaired) electrons. The van der Waals surface area contributed by atoms with Crippen LogP contribution in [-0.2, 0) is 6.54 Å². The Morgan fingerprint density at radius 1 is 1.21 bits per heavy atom. The number of thiazole rings is 1. The molecular formula is C10H11ClN2S. The highest BCUT2D eigenvalue weighted by molar-refractivity contribution is 7.12. The van der Waals surface area contributed by atoms with Crippen molar-refractivity contribution in [3.63, 3.8) is 0 Å². The summed E-state index contributed by atoms with van der Waals surface area (Å²) >= 11 is 1.56. The number of aromatic nitrogens is 1. The van der Waals surface area contributed by atoms with Crippen molar-refractivity contribution in [3.05, 3.63) is 47.5 Å². The summed E-state index contributed by atoms with van der Waals surface area (Å²) in [6, 6.07) is 10.3. The van der Waals surface area contributed by atoms with Gasteiger partial charge in [0.25, 0.3) is 0 Å². The molecule has 1 aromatic carbocycles. The highest BCUT2D eigenvalue weighted by atomic mass is 35.5. The molecule has 74 valence electrons. The van der Waals surface area contributed by atoms with Gasteiger partial charge >= 0.3 is 5.13 Å². The van der Waals surface area contributed by atoms with Crippen LogP contribution in [0.4, 0.5) is 5.13 Å². The van der Waals surface area contributed by atoms with E-state index >= 15 is 0 Å². The lowest BCUT2D eigenvalue weighted by molar-refractivity contribution is -0.669. The molecule has 0 atom stereocenters. The van der Waals surface area contributed by atoms with Crippen molar-refractivity contribution in [2.24, 2.45) is 0 Å². The van der Waals surface area contributed by atoms with Gasteiger partial charge in [-0.3, -0.25) is 5.73 Å². The maximum atomic E-state index is 5.77. The molecule has 1 aromatic heterocycles. The van der Waals surface area contributed by atoms with Crippen molar-refractivity contribution in [2.45, 2.75) is 6.54 Å². The molecule has 0 aliphatic carbocycles. The summed E-state index contributed by atoms with van der Waals surface area (Å²) < 4.78 is 2.04. The fourth-order valence-electron chi connectivity index (χ4n) is 1.23. The Labute approximate surface area is 93.4 Å². The summed E-state index contributed by atoms with van der Waals surface area (Å²) in [7, 11) is 0. The normalized spacial score (nSPS) is 9.43. The van der Waals surface area contributed by atoms with E-state index in [2.05, 4.69) is 12.1 Å². The lowest BCUT2D eigenvalue weighted by atomic mass is 10.2. The minimum absolute atomic E-state index is 0. The van der Waals surface area contributed by atoms with E-state index < -0.39 is 0 Å². The molecule has 0 unspecified atom stereocenters. The van der Waals surface area contributed by atoms with Gasteiger partial charge in [-0.2, -0.15) is 0 Å². The molecule has 2 aromatic rings. The predicted molar refractivity (Wildman–Crippen MR) is 54.5 cm³/mol. The van der Waals surface area contributed by atoms with Gasteiger partial charge < -0.3 is 12.4 Å². The zero-order valence-electron chi connectivity index (χ0n) is 7.56. The van der Waals surface area contributed by atoms with Crippen LogP contribution in [0.15, 0.2) is 41.9 Å². The van der Waals surface area contributed by atoms with Crippen LogP contribution in [0.25, 0.3) is 0 Å². The number of hydrogen-bond acceptors (Lipinski definition) is 2. The fourth-order valence-corrected chi connectivity index (χ4v) is 1.83. The molecule has 2 nitrogen and oxygen atoms in total. The standard InChI is InChI=1S/C10H10N2S.ClH/c11-10-12(6-7-13-10)8-9-4-2-1-3-5-9;/h1-7,11H,8H2;1H. The fraction of sp³-hybridized carbons (Fsp3) is 0.100. The Bertz CT molecular complexity index is 386. The molecule has 0 aliphatic rings. The first-order chi connectivity index (χ1) is 6.36. The van der Waals surface area contributed by atoms with Crippen LogP contribution < -0.4 is 22.7 Å². The molecule has 0 aliphatic heterocycles. The molecule has 2 rings (SSSR count). The van der Waals surface area contributed by atoms with E-state index in [9.17, 15) is 0 Å². The summed E-state index contributed by atoms with van der Waals surface area (Å²) in [6.45, 7) is 0.857. The molecule has 0 bridgehead atoms. The second-order valence-corrected chi connectivity index (χ2v) is 3.78. The first-order valence-corrected chi connectivity index (χ1v) is 5.00. The summed E-state index contributed by atoms with van der Waals surface area (Å²) in [5, 5.41) is 2.85. The van der Waals surface area contributed by atoms with Crippen molar-refractivity contribution in [3.8, 4) is 0 Å². The van der Waals surface area contributed by atoms with E-state index in [1.54, 1.807) is 11.3 Å².